The van der Waals surface area contributed by atoms with Gasteiger partial charge in [0.25, 0.3) is 0 Å². The molecule has 0 saturated carbocycles. The van der Waals surface area contributed by atoms with Gasteiger partial charge in [-0.2, -0.15) is 0 Å². The van der Waals surface area contributed by atoms with E-state index in [2.05, 4.69) is 13.8 Å². The Morgan fingerprint density at radius 2 is 0.889 bits per heavy atom. The maximum atomic E-state index is 13.6. The standard InChI is InChI=1S/C17H35F/c1-3-5-7-9-11-13-15-17(18)16-14-12-10-8-6-4-2/h17H,3-16H2,1-2H3. The smallest absolute Gasteiger partial charge is 0.100 e. The lowest BCUT2D eigenvalue weighted by molar-refractivity contribution is 0.279. The molecule has 0 rings (SSSR count). The van der Waals surface area contributed by atoms with Crippen molar-refractivity contribution >= 4 is 0 Å². The molecule has 0 nitrogen and oxygen atoms in total. The highest BCUT2D eigenvalue weighted by Crippen LogP contribution is 2.16. The number of rotatable bonds is 14. The molecule has 0 aliphatic rings. The van der Waals surface area contributed by atoms with E-state index < -0.39 is 6.17 Å². The van der Waals surface area contributed by atoms with Gasteiger partial charge in [-0.05, 0) is 12.8 Å². The summed E-state index contributed by atoms with van der Waals surface area (Å²) in [6, 6.07) is 0. The zero-order chi connectivity index (χ0) is 13.5. The molecule has 0 radical (unpaired) electrons. The molecule has 0 N–H and O–H groups in total. The molecule has 0 heterocycles. The summed E-state index contributed by atoms with van der Waals surface area (Å²) in [5.41, 5.74) is 0. The lowest BCUT2D eigenvalue weighted by Crippen LogP contribution is -1.99. The van der Waals surface area contributed by atoms with Gasteiger partial charge in [0.05, 0.1) is 0 Å². The van der Waals surface area contributed by atoms with Gasteiger partial charge < -0.3 is 0 Å². The minimum Gasteiger partial charge on any atom is -0.247 e. The van der Waals surface area contributed by atoms with Gasteiger partial charge in [-0.25, -0.2) is 4.39 Å². The Hall–Kier alpha value is -0.0700. The summed E-state index contributed by atoms with van der Waals surface area (Å²) >= 11 is 0. The number of hydrogen-bond donors (Lipinski definition) is 0. The molecule has 0 aliphatic carbocycles. The summed E-state index contributed by atoms with van der Waals surface area (Å²) in [6.07, 6.45) is 16.3. The van der Waals surface area contributed by atoms with Crippen molar-refractivity contribution in [1.29, 1.82) is 0 Å². The maximum absolute atomic E-state index is 13.6. The Kier molecular flexibility index (Phi) is 14.9. The van der Waals surface area contributed by atoms with Gasteiger partial charge in [-0.15, -0.1) is 0 Å². The molecule has 0 aromatic rings. The van der Waals surface area contributed by atoms with E-state index in [1.807, 2.05) is 0 Å². The van der Waals surface area contributed by atoms with Gasteiger partial charge >= 0.3 is 0 Å². The second-order valence-corrected chi connectivity index (χ2v) is 5.71. The SMILES string of the molecule is CCCCCCCCC(F)CCCCCCCC. The van der Waals surface area contributed by atoms with Crippen LogP contribution < -0.4 is 0 Å². The molecule has 0 unspecified atom stereocenters. The zero-order valence-corrected chi connectivity index (χ0v) is 12.9. The number of halogens is 1. The third-order valence-electron chi connectivity index (χ3n) is 3.74. The van der Waals surface area contributed by atoms with Gasteiger partial charge in [-0.1, -0.05) is 90.9 Å². The van der Waals surface area contributed by atoms with E-state index >= 15 is 0 Å². The molecule has 0 amide bonds. The molecule has 0 bridgehead atoms. The van der Waals surface area contributed by atoms with E-state index in [4.69, 9.17) is 0 Å². The van der Waals surface area contributed by atoms with Crippen molar-refractivity contribution < 1.29 is 4.39 Å². The fraction of sp³-hybridized carbons (Fsp3) is 1.00. The van der Waals surface area contributed by atoms with Crippen molar-refractivity contribution in [1.82, 2.24) is 0 Å². The first-order valence-electron chi connectivity index (χ1n) is 8.45. The summed E-state index contributed by atoms with van der Waals surface area (Å²) in [7, 11) is 0. The lowest BCUT2D eigenvalue weighted by Gasteiger charge is -2.08. The third kappa shape index (κ3) is 14.0. The molecule has 0 aromatic heterocycles. The average Bonchev–Trinajstić information content (AvgIpc) is 2.38. The van der Waals surface area contributed by atoms with Crippen LogP contribution >= 0.6 is 0 Å². The number of hydrogen-bond acceptors (Lipinski definition) is 0. The highest BCUT2D eigenvalue weighted by molar-refractivity contribution is 4.58. The predicted octanol–water partition coefficient (Wildman–Crippen LogP) is 6.83. The molecule has 0 atom stereocenters. The Morgan fingerprint density at radius 1 is 0.556 bits per heavy atom. The first-order valence-corrected chi connectivity index (χ1v) is 8.45. The molecule has 1 heteroatoms. The fourth-order valence-electron chi connectivity index (χ4n) is 2.44. The van der Waals surface area contributed by atoms with Gasteiger partial charge in [0.15, 0.2) is 0 Å². The fourth-order valence-corrected chi connectivity index (χ4v) is 2.44. The van der Waals surface area contributed by atoms with Crippen LogP contribution in [0.1, 0.15) is 104 Å². The molecule has 0 aliphatic heterocycles. The van der Waals surface area contributed by atoms with Crippen LogP contribution in [0.4, 0.5) is 4.39 Å². The van der Waals surface area contributed by atoms with E-state index in [1.165, 1.54) is 64.2 Å². The van der Waals surface area contributed by atoms with Crippen LogP contribution in [0, 0.1) is 0 Å². The molecular formula is C17H35F. The quantitative estimate of drug-likeness (QED) is 0.300. The molecule has 0 spiro atoms. The van der Waals surface area contributed by atoms with Crippen LogP contribution in [0.3, 0.4) is 0 Å². The summed E-state index contributed by atoms with van der Waals surface area (Å²) < 4.78 is 13.6. The van der Waals surface area contributed by atoms with E-state index in [1.54, 1.807) is 0 Å². The van der Waals surface area contributed by atoms with Crippen LogP contribution in [0.15, 0.2) is 0 Å². The maximum Gasteiger partial charge on any atom is 0.100 e. The summed E-state index contributed by atoms with van der Waals surface area (Å²) in [5, 5.41) is 0. The average molecular weight is 258 g/mol. The highest BCUT2D eigenvalue weighted by atomic mass is 19.1. The number of alkyl halides is 1. The van der Waals surface area contributed by atoms with Crippen molar-refractivity contribution in [3.05, 3.63) is 0 Å². The molecule has 18 heavy (non-hydrogen) atoms. The van der Waals surface area contributed by atoms with Crippen molar-refractivity contribution in [2.24, 2.45) is 0 Å². The minimum absolute atomic E-state index is 0.526. The van der Waals surface area contributed by atoms with Crippen LogP contribution in [0.5, 0.6) is 0 Å². The van der Waals surface area contributed by atoms with Crippen molar-refractivity contribution in [2.75, 3.05) is 0 Å². The minimum atomic E-state index is -0.526. The van der Waals surface area contributed by atoms with Gasteiger partial charge in [0, 0.05) is 0 Å². The first kappa shape index (κ1) is 17.9. The summed E-state index contributed by atoms with van der Waals surface area (Å²) in [6.45, 7) is 4.47. The first-order chi connectivity index (χ1) is 8.81. The topological polar surface area (TPSA) is 0 Å². The van der Waals surface area contributed by atoms with Crippen molar-refractivity contribution in [2.45, 2.75) is 110 Å². The summed E-state index contributed by atoms with van der Waals surface area (Å²) in [5.74, 6) is 0. The molecule has 110 valence electrons. The Bertz CT molecular complexity index is 129. The largest absolute Gasteiger partial charge is 0.247 e. The van der Waals surface area contributed by atoms with Crippen LogP contribution in [0.2, 0.25) is 0 Å². The van der Waals surface area contributed by atoms with Crippen LogP contribution in [-0.4, -0.2) is 6.17 Å². The van der Waals surface area contributed by atoms with E-state index in [0.717, 1.165) is 25.7 Å². The Balaban J connectivity index is 3.10. The third-order valence-corrected chi connectivity index (χ3v) is 3.74. The number of unbranched alkanes of at least 4 members (excludes halogenated alkanes) is 10. The van der Waals surface area contributed by atoms with Gasteiger partial charge in [0.2, 0.25) is 0 Å². The molecule has 0 saturated heterocycles. The van der Waals surface area contributed by atoms with Crippen LogP contribution in [0.25, 0.3) is 0 Å². The van der Waals surface area contributed by atoms with E-state index in [-0.39, 0.29) is 0 Å². The highest BCUT2D eigenvalue weighted by Gasteiger charge is 2.05. The van der Waals surface area contributed by atoms with Crippen LogP contribution in [-0.2, 0) is 0 Å². The monoisotopic (exact) mass is 258 g/mol. The van der Waals surface area contributed by atoms with E-state index in [0.29, 0.717) is 0 Å². The zero-order valence-electron chi connectivity index (χ0n) is 12.9. The molecular weight excluding hydrogens is 223 g/mol. The molecule has 0 fully saturated rings. The second-order valence-electron chi connectivity index (χ2n) is 5.71. The Labute approximate surface area is 115 Å². The van der Waals surface area contributed by atoms with Gasteiger partial charge in [-0.3, -0.25) is 0 Å². The van der Waals surface area contributed by atoms with Crippen molar-refractivity contribution in [3.63, 3.8) is 0 Å². The summed E-state index contributed by atoms with van der Waals surface area (Å²) in [4.78, 5) is 0. The van der Waals surface area contributed by atoms with E-state index in [9.17, 15) is 4.39 Å². The van der Waals surface area contributed by atoms with Crippen molar-refractivity contribution in [3.8, 4) is 0 Å². The predicted molar refractivity (Wildman–Crippen MR) is 80.9 cm³/mol. The second kappa shape index (κ2) is 15.0. The molecule has 0 aromatic carbocycles. The normalized spacial score (nSPS) is 11.3. The Morgan fingerprint density at radius 3 is 1.28 bits per heavy atom. The van der Waals surface area contributed by atoms with Gasteiger partial charge in [0.1, 0.15) is 6.17 Å². The lowest BCUT2D eigenvalue weighted by atomic mass is 10.0.